The van der Waals surface area contributed by atoms with Crippen LogP contribution in [0.25, 0.3) is 0 Å². The van der Waals surface area contributed by atoms with E-state index >= 15 is 0 Å². The predicted molar refractivity (Wildman–Crippen MR) is 146 cm³/mol. The van der Waals surface area contributed by atoms with Gasteiger partial charge in [-0.2, -0.15) is 0 Å². The van der Waals surface area contributed by atoms with Crippen LogP contribution in [0.3, 0.4) is 0 Å². The summed E-state index contributed by atoms with van der Waals surface area (Å²) in [6, 6.07) is 0. The van der Waals surface area contributed by atoms with Gasteiger partial charge in [0.25, 0.3) is 0 Å². The molecule has 0 spiro atoms. The summed E-state index contributed by atoms with van der Waals surface area (Å²) >= 11 is 0. The van der Waals surface area contributed by atoms with Crippen molar-refractivity contribution >= 4 is 0 Å². The highest BCUT2D eigenvalue weighted by atomic mass is 14.6. The van der Waals surface area contributed by atoms with E-state index in [0.717, 1.165) is 42.6 Å². The Bertz CT molecular complexity index is 859. The van der Waals surface area contributed by atoms with E-state index in [0.29, 0.717) is 11.8 Å². The van der Waals surface area contributed by atoms with Crippen molar-refractivity contribution in [3.63, 3.8) is 0 Å². The van der Waals surface area contributed by atoms with Crippen molar-refractivity contribution in [2.45, 2.75) is 83.5 Å². The second-order valence-electron chi connectivity index (χ2n) is 11.8. The number of rotatable bonds is 7. The van der Waals surface area contributed by atoms with E-state index in [9.17, 15) is 0 Å². The lowest BCUT2D eigenvalue weighted by Gasteiger charge is -2.44. The van der Waals surface area contributed by atoms with E-state index < -0.39 is 0 Å². The summed E-state index contributed by atoms with van der Waals surface area (Å²) in [6.07, 6.45) is 36.7. The summed E-state index contributed by atoms with van der Waals surface area (Å²) < 4.78 is 0. The number of fused-ring (bicyclic) bond motifs is 1. The minimum absolute atomic E-state index is 0.620. The maximum Gasteiger partial charge on any atom is 0.00864 e. The van der Waals surface area contributed by atoms with E-state index in [4.69, 9.17) is 5.73 Å². The van der Waals surface area contributed by atoms with Crippen LogP contribution in [0.4, 0.5) is 0 Å². The molecular formula is C33H47N. The quantitative estimate of drug-likeness (QED) is 0.381. The molecule has 1 heteroatoms. The normalized spacial score (nSPS) is 36.7. The molecule has 34 heavy (non-hydrogen) atoms. The van der Waals surface area contributed by atoms with Gasteiger partial charge in [0, 0.05) is 5.92 Å². The predicted octanol–water partition coefficient (Wildman–Crippen LogP) is 8.48. The van der Waals surface area contributed by atoms with Crippen molar-refractivity contribution in [1.29, 1.82) is 0 Å². The molecule has 0 aliphatic heterocycles. The average molecular weight is 458 g/mol. The van der Waals surface area contributed by atoms with Gasteiger partial charge in [-0.25, -0.2) is 0 Å². The maximum absolute atomic E-state index is 6.12. The van der Waals surface area contributed by atoms with Crippen LogP contribution in [0.5, 0.6) is 0 Å². The minimum Gasteiger partial charge on any atom is -0.330 e. The van der Waals surface area contributed by atoms with E-state index in [-0.39, 0.29) is 0 Å². The molecule has 5 unspecified atom stereocenters. The van der Waals surface area contributed by atoms with Crippen molar-refractivity contribution in [3.8, 4) is 0 Å². The zero-order valence-corrected chi connectivity index (χ0v) is 21.3. The second-order valence-corrected chi connectivity index (χ2v) is 11.8. The first-order valence-corrected chi connectivity index (χ1v) is 14.5. The fourth-order valence-corrected chi connectivity index (χ4v) is 8.35. The standard InChI is InChI=1S/C33H47N/c1-2-10-27(23-34)24-17-19-26(20-18-24)29-21-22-33(32-16-9-8-15-31(29)32)30-14-7-6-13-28(30)25-11-4-3-5-12-25/h2-4,8-9,14-16,24-28,32-33H,1,5-7,10-13,17-23,34H2. The highest BCUT2D eigenvalue weighted by Crippen LogP contribution is 2.51. The molecule has 0 aromatic heterocycles. The van der Waals surface area contributed by atoms with Crippen LogP contribution < -0.4 is 5.73 Å². The van der Waals surface area contributed by atoms with Crippen LogP contribution in [0.2, 0.25) is 0 Å². The Kier molecular flexibility index (Phi) is 8.10. The first-order valence-electron chi connectivity index (χ1n) is 14.5. The van der Waals surface area contributed by atoms with Crippen molar-refractivity contribution in [2.75, 3.05) is 6.54 Å². The molecule has 2 N–H and O–H groups in total. The Morgan fingerprint density at radius 1 is 0.971 bits per heavy atom. The molecule has 184 valence electrons. The molecule has 0 amide bonds. The first kappa shape index (κ1) is 24.1. The lowest BCUT2D eigenvalue weighted by molar-refractivity contribution is 0.215. The van der Waals surface area contributed by atoms with Crippen LogP contribution >= 0.6 is 0 Å². The first-order chi connectivity index (χ1) is 16.8. The van der Waals surface area contributed by atoms with Gasteiger partial charge in [0.05, 0.1) is 0 Å². The van der Waals surface area contributed by atoms with Crippen LogP contribution in [-0.4, -0.2) is 6.54 Å². The molecule has 5 atom stereocenters. The topological polar surface area (TPSA) is 26.0 Å². The van der Waals surface area contributed by atoms with E-state index in [1.54, 1.807) is 5.57 Å². The summed E-state index contributed by atoms with van der Waals surface area (Å²) in [5.41, 5.74) is 11.5. The van der Waals surface area contributed by atoms with Crippen LogP contribution in [0.15, 0.2) is 71.9 Å². The van der Waals surface area contributed by atoms with Crippen LogP contribution in [0, 0.1) is 41.4 Å². The number of hydrogen-bond acceptors (Lipinski definition) is 1. The van der Waals surface area contributed by atoms with Gasteiger partial charge in [-0.1, -0.05) is 59.8 Å². The van der Waals surface area contributed by atoms with E-state index in [1.807, 2.05) is 11.1 Å². The Morgan fingerprint density at radius 2 is 1.85 bits per heavy atom. The molecule has 0 aromatic rings. The summed E-state index contributed by atoms with van der Waals surface area (Å²) in [4.78, 5) is 0. The monoisotopic (exact) mass is 457 g/mol. The third kappa shape index (κ3) is 5.01. The van der Waals surface area contributed by atoms with Gasteiger partial charge >= 0.3 is 0 Å². The van der Waals surface area contributed by atoms with E-state index in [2.05, 4.69) is 55.2 Å². The number of allylic oxidation sites excluding steroid dienone is 11. The minimum atomic E-state index is 0.620. The second kappa shape index (κ2) is 11.4. The third-order valence-electron chi connectivity index (χ3n) is 10.1. The zero-order chi connectivity index (χ0) is 23.3. The molecular weight excluding hydrogens is 410 g/mol. The number of nitrogens with two attached hydrogens (primary N) is 1. The average Bonchev–Trinajstić information content (AvgIpc) is 2.92. The molecule has 1 fully saturated rings. The molecule has 5 aliphatic rings. The molecule has 0 aromatic carbocycles. The molecule has 5 rings (SSSR count). The van der Waals surface area contributed by atoms with Crippen molar-refractivity contribution in [3.05, 3.63) is 71.9 Å². The summed E-state index contributed by atoms with van der Waals surface area (Å²) in [7, 11) is 0. The number of hydrogen-bond donors (Lipinski definition) is 1. The highest BCUT2D eigenvalue weighted by molar-refractivity contribution is 5.43. The highest BCUT2D eigenvalue weighted by Gasteiger charge is 2.39. The molecule has 1 nitrogen and oxygen atoms in total. The van der Waals surface area contributed by atoms with Gasteiger partial charge in [0.15, 0.2) is 0 Å². The molecule has 0 saturated heterocycles. The smallest absolute Gasteiger partial charge is 0.00864 e. The lowest BCUT2D eigenvalue weighted by Crippen LogP contribution is -2.33. The SMILES string of the molecule is C=CCC(CN)C1CCC(C2=C3C=CC=CC3C(C3=CCCCC3C3CC=CCC3)CC2)CC1. The molecule has 0 bridgehead atoms. The van der Waals surface area contributed by atoms with Crippen molar-refractivity contribution in [1.82, 2.24) is 0 Å². The van der Waals surface area contributed by atoms with Gasteiger partial charge in [0.1, 0.15) is 0 Å². The summed E-state index contributed by atoms with van der Waals surface area (Å²) in [5.74, 6) is 5.32. The Labute approximate surface area is 209 Å². The van der Waals surface area contributed by atoms with Gasteiger partial charge in [-0.3, -0.25) is 0 Å². The zero-order valence-electron chi connectivity index (χ0n) is 21.3. The van der Waals surface area contributed by atoms with Crippen molar-refractivity contribution < 1.29 is 0 Å². The van der Waals surface area contributed by atoms with Gasteiger partial charge < -0.3 is 5.73 Å². The Balaban J connectivity index is 1.33. The van der Waals surface area contributed by atoms with E-state index in [1.165, 1.54) is 77.0 Å². The Morgan fingerprint density at radius 3 is 2.62 bits per heavy atom. The maximum atomic E-state index is 6.12. The Hall–Kier alpha value is -1.60. The van der Waals surface area contributed by atoms with Crippen LogP contribution in [-0.2, 0) is 0 Å². The summed E-state index contributed by atoms with van der Waals surface area (Å²) in [6.45, 7) is 4.79. The fraction of sp³-hybridized carbons (Fsp3) is 0.636. The fourth-order valence-electron chi connectivity index (χ4n) is 8.35. The lowest BCUT2D eigenvalue weighted by atomic mass is 9.61. The molecule has 1 saturated carbocycles. The van der Waals surface area contributed by atoms with Gasteiger partial charge in [-0.05, 0) is 131 Å². The van der Waals surface area contributed by atoms with Crippen molar-refractivity contribution in [2.24, 2.45) is 47.2 Å². The summed E-state index contributed by atoms with van der Waals surface area (Å²) in [5, 5.41) is 0. The molecule has 5 aliphatic carbocycles. The largest absolute Gasteiger partial charge is 0.330 e. The molecule has 0 radical (unpaired) electrons. The van der Waals surface area contributed by atoms with Crippen LogP contribution in [0.1, 0.15) is 83.5 Å². The van der Waals surface area contributed by atoms with Gasteiger partial charge in [0.2, 0.25) is 0 Å². The van der Waals surface area contributed by atoms with Gasteiger partial charge in [-0.15, -0.1) is 6.58 Å². The molecule has 0 heterocycles. The third-order valence-corrected chi connectivity index (χ3v) is 10.1.